The van der Waals surface area contributed by atoms with Gasteiger partial charge in [-0.15, -0.1) is 0 Å². The lowest BCUT2D eigenvalue weighted by Crippen LogP contribution is -2.32. The van der Waals surface area contributed by atoms with Crippen molar-refractivity contribution < 1.29 is 19.1 Å². The van der Waals surface area contributed by atoms with Gasteiger partial charge in [0.2, 0.25) is 0 Å². The predicted molar refractivity (Wildman–Crippen MR) is 101 cm³/mol. The Balaban J connectivity index is 1.74. The molecule has 2 aromatic carbocycles. The van der Waals surface area contributed by atoms with E-state index in [4.69, 9.17) is 9.47 Å². The fraction of sp³-hybridized carbons (Fsp3) is 0.300. The standard InChI is InChI=1S/C20H24N2O4/c1-4-25-19(23)16-5-7-17(8-6-16)22-20(24)21-9-10-26-18-12-14(2)11-15(3)13-18/h5-8,11-13H,4,9-10H2,1-3H3,(H2,21,22,24). The van der Waals surface area contributed by atoms with Gasteiger partial charge in [0, 0.05) is 5.69 Å². The first-order valence-corrected chi connectivity index (χ1v) is 8.51. The van der Waals surface area contributed by atoms with Crippen molar-refractivity contribution in [1.29, 1.82) is 0 Å². The minimum absolute atomic E-state index is 0.325. The highest BCUT2D eigenvalue weighted by Crippen LogP contribution is 2.16. The molecule has 0 saturated carbocycles. The van der Waals surface area contributed by atoms with Crippen molar-refractivity contribution in [2.24, 2.45) is 0 Å². The lowest BCUT2D eigenvalue weighted by molar-refractivity contribution is 0.0526. The molecular formula is C20H24N2O4. The van der Waals surface area contributed by atoms with Crippen molar-refractivity contribution >= 4 is 17.7 Å². The largest absolute Gasteiger partial charge is 0.492 e. The number of aryl methyl sites for hydroxylation is 2. The fourth-order valence-corrected chi connectivity index (χ4v) is 2.43. The molecule has 0 aliphatic heterocycles. The number of rotatable bonds is 7. The molecule has 0 heterocycles. The summed E-state index contributed by atoms with van der Waals surface area (Å²) in [6, 6.07) is 12.2. The van der Waals surface area contributed by atoms with Gasteiger partial charge in [0.15, 0.2) is 0 Å². The molecule has 0 aliphatic carbocycles. The smallest absolute Gasteiger partial charge is 0.338 e. The van der Waals surface area contributed by atoms with Crippen LogP contribution in [0.15, 0.2) is 42.5 Å². The highest BCUT2D eigenvalue weighted by molar-refractivity contribution is 5.92. The zero-order valence-electron chi connectivity index (χ0n) is 15.3. The topological polar surface area (TPSA) is 76.7 Å². The minimum Gasteiger partial charge on any atom is -0.492 e. The molecule has 138 valence electrons. The van der Waals surface area contributed by atoms with E-state index >= 15 is 0 Å². The molecule has 2 N–H and O–H groups in total. The van der Waals surface area contributed by atoms with Crippen LogP contribution in [0.4, 0.5) is 10.5 Å². The molecule has 0 unspecified atom stereocenters. The SMILES string of the molecule is CCOC(=O)c1ccc(NC(=O)NCCOc2cc(C)cc(C)c2)cc1. The molecule has 6 nitrogen and oxygen atoms in total. The summed E-state index contributed by atoms with van der Waals surface area (Å²) in [6.45, 7) is 6.85. The third-order valence-corrected chi connectivity index (χ3v) is 3.51. The Kier molecular flexibility index (Phi) is 7.02. The van der Waals surface area contributed by atoms with E-state index in [2.05, 4.69) is 16.7 Å². The lowest BCUT2D eigenvalue weighted by Gasteiger charge is -2.10. The second-order valence-corrected chi connectivity index (χ2v) is 5.85. The number of nitrogens with one attached hydrogen (secondary N) is 2. The molecule has 0 aliphatic rings. The van der Waals surface area contributed by atoms with Gasteiger partial charge in [0.05, 0.1) is 18.7 Å². The number of carbonyl (C=O) groups is 2. The summed E-state index contributed by atoms with van der Waals surface area (Å²) in [5.41, 5.74) is 3.30. The first-order chi connectivity index (χ1) is 12.5. The molecule has 2 amide bonds. The maximum absolute atomic E-state index is 11.9. The van der Waals surface area contributed by atoms with Gasteiger partial charge in [-0.1, -0.05) is 6.07 Å². The Morgan fingerprint density at radius 1 is 1.00 bits per heavy atom. The van der Waals surface area contributed by atoms with Crippen LogP contribution < -0.4 is 15.4 Å². The van der Waals surface area contributed by atoms with Crippen molar-refractivity contribution in [2.45, 2.75) is 20.8 Å². The maximum Gasteiger partial charge on any atom is 0.338 e. The van der Waals surface area contributed by atoms with Gasteiger partial charge in [-0.05, 0) is 68.3 Å². The van der Waals surface area contributed by atoms with E-state index < -0.39 is 0 Å². The molecule has 0 spiro atoms. The molecule has 0 radical (unpaired) electrons. The first-order valence-electron chi connectivity index (χ1n) is 8.51. The van der Waals surface area contributed by atoms with E-state index in [1.807, 2.05) is 26.0 Å². The second-order valence-electron chi connectivity index (χ2n) is 5.85. The number of amides is 2. The summed E-state index contributed by atoms with van der Waals surface area (Å²) in [7, 11) is 0. The monoisotopic (exact) mass is 356 g/mol. The van der Waals surface area contributed by atoms with Gasteiger partial charge < -0.3 is 20.1 Å². The van der Waals surface area contributed by atoms with E-state index in [9.17, 15) is 9.59 Å². The quantitative estimate of drug-likeness (QED) is 0.586. The summed E-state index contributed by atoms with van der Waals surface area (Å²) >= 11 is 0. The van der Waals surface area contributed by atoms with Crippen LogP contribution in [-0.4, -0.2) is 31.8 Å². The Bertz CT molecular complexity index is 737. The Morgan fingerprint density at radius 2 is 1.65 bits per heavy atom. The van der Waals surface area contributed by atoms with Crippen LogP contribution in [0.2, 0.25) is 0 Å². The summed E-state index contributed by atoms with van der Waals surface area (Å²) in [6.07, 6.45) is 0. The van der Waals surface area contributed by atoms with Crippen LogP contribution in [0.1, 0.15) is 28.4 Å². The van der Waals surface area contributed by atoms with Crippen LogP contribution >= 0.6 is 0 Å². The predicted octanol–water partition coefficient (Wildman–Crippen LogP) is 3.68. The summed E-state index contributed by atoms with van der Waals surface area (Å²) in [5.74, 6) is 0.409. The van der Waals surface area contributed by atoms with Gasteiger partial charge in [-0.25, -0.2) is 9.59 Å². The number of carbonyl (C=O) groups excluding carboxylic acids is 2. The third-order valence-electron chi connectivity index (χ3n) is 3.51. The zero-order chi connectivity index (χ0) is 18.9. The Morgan fingerprint density at radius 3 is 2.27 bits per heavy atom. The van der Waals surface area contributed by atoms with Crippen molar-refractivity contribution in [3.63, 3.8) is 0 Å². The number of urea groups is 1. The van der Waals surface area contributed by atoms with Gasteiger partial charge in [0.25, 0.3) is 0 Å². The van der Waals surface area contributed by atoms with E-state index in [0.29, 0.717) is 31.0 Å². The van der Waals surface area contributed by atoms with Crippen LogP contribution in [0.3, 0.4) is 0 Å². The van der Waals surface area contributed by atoms with E-state index in [-0.39, 0.29) is 12.0 Å². The fourth-order valence-electron chi connectivity index (χ4n) is 2.43. The molecule has 0 bridgehead atoms. The second kappa shape index (κ2) is 9.46. The average molecular weight is 356 g/mol. The molecule has 0 saturated heterocycles. The zero-order valence-corrected chi connectivity index (χ0v) is 15.3. The molecular weight excluding hydrogens is 332 g/mol. The average Bonchev–Trinajstić information content (AvgIpc) is 2.59. The number of hydrogen-bond acceptors (Lipinski definition) is 4. The van der Waals surface area contributed by atoms with Crippen molar-refractivity contribution in [3.05, 3.63) is 59.2 Å². The molecule has 2 aromatic rings. The normalized spacial score (nSPS) is 10.1. The van der Waals surface area contributed by atoms with Crippen molar-refractivity contribution in [1.82, 2.24) is 5.32 Å². The molecule has 6 heteroatoms. The minimum atomic E-state index is -0.382. The summed E-state index contributed by atoms with van der Waals surface area (Å²) < 4.78 is 10.6. The van der Waals surface area contributed by atoms with Gasteiger partial charge in [0.1, 0.15) is 12.4 Å². The summed E-state index contributed by atoms with van der Waals surface area (Å²) in [4.78, 5) is 23.5. The van der Waals surface area contributed by atoms with E-state index in [1.54, 1.807) is 31.2 Å². The van der Waals surface area contributed by atoms with Crippen LogP contribution in [0.25, 0.3) is 0 Å². The number of benzene rings is 2. The summed E-state index contributed by atoms with van der Waals surface area (Å²) in [5, 5.41) is 5.42. The molecule has 0 aromatic heterocycles. The molecule has 0 fully saturated rings. The van der Waals surface area contributed by atoms with E-state index in [1.165, 1.54) is 0 Å². The highest BCUT2D eigenvalue weighted by atomic mass is 16.5. The van der Waals surface area contributed by atoms with Crippen molar-refractivity contribution in [2.75, 3.05) is 25.1 Å². The highest BCUT2D eigenvalue weighted by Gasteiger charge is 2.07. The number of hydrogen-bond donors (Lipinski definition) is 2. The van der Waals surface area contributed by atoms with Crippen molar-refractivity contribution in [3.8, 4) is 5.75 Å². The Labute approximate surface area is 153 Å². The van der Waals surface area contributed by atoms with Crippen LogP contribution in [0, 0.1) is 13.8 Å². The first kappa shape index (κ1) is 19.3. The Hall–Kier alpha value is -3.02. The number of esters is 1. The number of anilines is 1. The third kappa shape index (κ3) is 6.12. The van der Waals surface area contributed by atoms with Crippen LogP contribution in [-0.2, 0) is 4.74 Å². The molecule has 26 heavy (non-hydrogen) atoms. The van der Waals surface area contributed by atoms with E-state index in [0.717, 1.165) is 16.9 Å². The van der Waals surface area contributed by atoms with Gasteiger partial charge >= 0.3 is 12.0 Å². The molecule has 0 atom stereocenters. The number of ether oxygens (including phenoxy) is 2. The van der Waals surface area contributed by atoms with Crippen LogP contribution in [0.5, 0.6) is 5.75 Å². The van der Waals surface area contributed by atoms with Gasteiger partial charge in [-0.2, -0.15) is 0 Å². The van der Waals surface area contributed by atoms with Gasteiger partial charge in [-0.3, -0.25) is 0 Å². The maximum atomic E-state index is 11.9. The molecule has 2 rings (SSSR count). The lowest BCUT2D eigenvalue weighted by atomic mass is 10.1.